The summed E-state index contributed by atoms with van der Waals surface area (Å²) >= 11 is 0. The second-order valence-corrected chi connectivity index (χ2v) is 6.48. The molecule has 0 fully saturated rings. The number of hydrogen-bond acceptors (Lipinski definition) is 3. The van der Waals surface area contributed by atoms with Crippen LogP contribution >= 0.6 is 0 Å². The first kappa shape index (κ1) is 14.6. The van der Waals surface area contributed by atoms with Gasteiger partial charge in [-0.1, -0.05) is 11.6 Å². The third-order valence-corrected chi connectivity index (χ3v) is 4.97. The van der Waals surface area contributed by atoms with Crippen molar-refractivity contribution in [1.82, 2.24) is 13.9 Å². The van der Waals surface area contributed by atoms with Crippen molar-refractivity contribution in [2.75, 3.05) is 40.3 Å². The van der Waals surface area contributed by atoms with Crippen molar-refractivity contribution in [3.8, 4) is 0 Å². The Labute approximate surface area is 105 Å². The average Bonchev–Trinajstić information content (AvgIpc) is 2.29. The highest BCUT2D eigenvalue weighted by Crippen LogP contribution is 2.15. The fourth-order valence-corrected chi connectivity index (χ4v) is 3.09. The predicted molar refractivity (Wildman–Crippen MR) is 70.0 cm³/mol. The molecule has 0 aromatic rings. The Morgan fingerprint density at radius 2 is 2.24 bits per heavy atom. The van der Waals surface area contributed by atoms with Crippen LogP contribution in [0.1, 0.15) is 19.8 Å². The summed E-state index contributed by atoms with van der Waals surface area (Å²) in [5.74, 6) is 0. The molecule has 0 spiro atoms. The Kier molecular flexibility index (Phi) is 5.58. The van der Waals surface area contributed by atoms with Crippen molar-refractivity contribution in [2.45, 2.75) is 19.8 Å². The first-order valence-corrected chi connectivity index (χ1v) is 7.40. The van der Waals surface area contributed by atoms with Gasteiger partial charge < -0.3 is 5.32 Å². The molecule has 5 nitrogen and oxygen atoms in total. The van der Waals surface area contributed by atoms with Crippen LogP contribution in [-0.2, 0) is 10.2 Å². The summed E-state index contributed by atoms with van der Waals surface area (Å²) in [6.07, 6.45) is 3.65. The molecule has 0 saturated carbocycles. The number of nitrogens with one attached hydrogen (secondary N) is 1. The summed E-state index contributed by atoms with van der Waals surface area (Å²) in [6, 6.07) is 0. The van der Waals surface area contributed by atoms with Crippen molar-refractivity contribution < 1.29 is 8.42 Å². The third-order valence-electron chi connectivity index (χ3n) is 3.02. The van der Waals surface area contributed by atoms with Gasteiger partial charge in [0.2, 0.25) is 0 Å². The van der Waals surface area contributed by atoms with Crippen LogP contribution in [-0.4, -0.2) is 57.3 Å². The molecule has 6 heteroatoms. The lowest BCUT2D eigenvalue weighted by Gasteiger charge is -2.29. The van der Waals surface area contributed by atoms with Crippen LogP contribution in [0.25, 0.3) is 0 Å². The minimum absolute atomic E-state index is 0.504. The van der Waals surface area contributed by atoms with Crippen LogP contribution in [0.3, 0.4) is 0 Å². The van der Waals surface area contributed by atoms with E-state index in [0.29, 0.717) is 19.6 Å². The maximum absolute atomic E-state index is 12.2. The normalized spacial score (nSPS) is 18.5. The van der Waals surface area contributed by atoms with Gasteiger partial charge >= 0.3 is 0 Å². The van der Waals surface area contributed by atoms with Crippen LogP contribution in [0.4, 0.5) is 0 Å². The molecular formula is C11H23N3O2S. The first-order chi connectivity index (χ1) is 7.98. The maximum Gasteiger partial charge on any atom is 0.282 e. The summed E-state index contributed by atoms with van der Waals surface area (Å²) in [6.45, 7) is 4.54. The Hall–Kier alpha value is -0.430. The summed E-state index contributed by atoms with van der Waals surface area (Å²) < 4.78 is 27.4. The molecule has 1 N–H and O–H groups in total. The molecule has 0 bridgehead atoms. The minimum atomic E-state index is -3.27. The van der Waals surface area contributed by atoms with Gasteiger partial charge in [0.05, 0.1) is 0 Å². The monoisotopic (exact) mass is 261 g/mol. The molecule has 0 saturated heterocycles. The lowest BCUT2D eigenvalue weighted by atomic mass is 10.1. The highest BCUT2D eigenvalue weighted by molar-refractivity contribution is 7.86. The predicted octanol–water partition coefficient (Wildman–Crippen LogP) is 0.425. The van der Waals surface area contributed by atoms with E-state index in [1.165, 1.54) is 9.88 Å². The fraction of sp³-hybridized carbons (Fsp3) is 0.818. The summed E-state index contributed by atoms with van der Waals surface area (Å²) in [4.78, 5) is 0. The lowest BCUT2D eigenvalue weighted by Crippen LogP contribution is -2.44. The van der Waals surface area contributed by atoms with Crippen molar-refractivity contribution in [2.24, 2.45) is 0 Å². The summed E-state index contributed by atoms with van der Waals surface area (Å²) in [7, 11) is 0.245. The van der Waals surface area contributed by atoms with E-state index >= 15 is 0 Å². The highest BCUT2D eigenvalue weighted by Gasteiger charge is 2.27. The van der Waals surface area contributed by atoms with Crippen molar-refractivity contribution >= 4 is 10.2 Å². The Bertz CT molecular complexity index is 365. The number of nitrogens with zero attached hydrogens (tertiary/aromatic N) is 2. The van der Waals surface area contributed by atoms with Crippen LogP contribution in [0, 0.1) is 0 Å². The number of hydrogen-bond donors (Lipinski definition) is 1. The van der Waals surface area contributed by atoms with Gasteiger partial charge in [-0.05, 0) is 33.4 Å². The van der Waals surface area contributed by atoms with E-state index in [1.54, 1.807) is 11.4 Å². The van der Waals surface area contributed by atoms with Gasteiger partial charge in [-0.3, -0.25) is 0 Å². The zero-order valence-electron chi connectivity index (χ0n) is 10.9. The number of rotatable bonds is 6. The first-order valence-electron chi connectivity index (χ1n) is 6.00. The van der Waals surface area contributed by atoms with Crippen LogP contribution in [0.2, 0.25) is 0 Å². The van der Waals surface area contributed by atoms with Gasteiger partial charge in [-0.15, -0.1) is 0 Å². The minimum Gasteiger partial charge on any atom is -0.320 e. The SMILES string of the molecule is CNCCCN(C)S(=O)(=O)N1CC=C(C)CC1. The standard InChI is InChI=1S/C11H23N3O2S/c1-11-5-9-14(10-6-11)17(15,16)13(3)8-4-7-12-2/h5,12H,4,6-10H2,1-3H3. The Morgan fingerprint density at radius 1 is 1.53 bits per heavy atom. The smallest absolute Gasteiger partial charge is 0.282 e. The van der Waals surface area contributed by atoms with E-state index in [1.807, 2.05) is 20.0 Å². The van der Waals surface area contributed by atoms with Crippen molar-refractivity contribution in [3.63, 3.8) is 0 Å². The lowest BCUT2D eigenvalue weighted by molar-refractivity contribution is 0.367. The molecular weight excluding hydrogens is 238 g/mol. The van der Waals surface area contributed by atoms with E-state index in [9.17, 15) is 8.42 Å². The Morgan fingerprint density at radius 3 is 2.76 bits per heavy atom. The topological polar surface area (TPSA) is 52.7 Å². The fourth-order valence-electron chi connectivity index (χ4n) is 1.75. The molecule has 1 aliphatic rings. The largest absolute Gasteiger partial charge is 0.320 e. The molecule has 1 heterocycles. The van der Waals surface area contributed by atoms with E-state index < -0.39 is 10.2 Å². The quantitative estimate of drug-likeness (QED) is 0.557. The zero-order valence-corrected chi connectivity index (χ0v) is 11.8. The van der Waals surface area contributed by atoms with Crippen molar-refractivity contribution in [3.05, 3.63) is 11.6 Å². The van der Waals surface area contributed by atoms with Gasteiger partial charge in [0.15, 0.2) is 0 Å². The third kappa shape index (κ3) is 4.06. The molecule has 1 aliphatic heterocycles. The summed E-state index contributed by atoms with van der Waals surface area (Å²) in [5, 5.41) is 3.02. The van der Waals surface area contributed by atoms with Gasteiger partial charge in [0, 0.05) is 26.7 Å². The second kappa shape index (κ2) is 6.49. The molecule has 0 atom stereocenters. The molecule has 17 heavy (non-hydrogen) atoms. The average molecular weight is 261 g/mol. The molecule has 1 rings (SSSR count). The maximum atomic E-state index is 12.2. The highest BCUT2D eigenvalue weighted by atomic mass is 32.2. The molecule has 0 aromatic carbocycles. The zero-order chi connectivity index (χ0) is 12.9. The van der Waals surface area contributed by atoms with Crippen molar-refractivity contribution in [1.29, 1.82) is 0 Å². The molecule has 100 valence electrons. The van der Waals surface area contributed by atoms with Gasteiger partial charge in [0.25, 0.3) is 10.2 Å². The van der Waals surface area contributed by atoms with E-state index in [-0.39, 0.29) is 0 Å². The second-order valence-electron chi connectivity index (χ2n) is 4.44. The molecule has 0 radical (unpaired) electrons. The van der Waals surface area contributed by atoms with Crippen LogP contribution < -0.4 is 5.32 Å². The molecule has 0 amide bonds. The molecule has 0 aliphatic carbocycles. The van der Waals surface area contributed by atoms with E-state index in [0.717, 1.165) is 19.4 Å². The van der Waals surface area contributed by atoms with Gasteiger partial charge in [-0.2, -0.15) is 17.0 Å². The Balaban J connectivity index is 2.55. The van der Waals surface area contributed by atoms with E-state index in [2.05, 4.69) is 5.32 Å². The molecule has 0 aromatic heterocycles. The molecule has 0 unspecified atom stereocenters. The van der Waals surface area contributed by atoms with Crippen LogP contribution in [0.15, 0.2) is 11.6 Å². The van der Waals surface area contributed by atoms with Gasteiger partial charge in [0.1, 0.15) is 0 Å². The van der Waals surface area contributed by atoms with E-state index in [4.69, 9.17) is 0 Å². The van der Waals surface area contributed by atoms with Gasteiger partial charge in [-0.25, -0.2) is 0 Å². The summed E-state index contributed by atoms with van der Waals surface area (Å²) in [5.41, 5.74) is 1.27. The van der Waals surface area contributed by atoms with Crippen LogP contribution in [0.5, 0.6) is 0 Å².